The van der Waals surface area contributed by atoms with Crippen molar-refractivity contribution < 1.29 is 9.53 Å². The third-order valence-electron chi connectivity index (χ3n) is 4.10. The first-order valence-corrected chi connectivity index (χ1v) is 8.03. The zero-order chi connectivity index (χ0) is 15.8. The highest BCUT2D eigenvalue weighted by Crippen LogP contribution is 2.17. The largest absolute Gasteiger partial charge is 0.379 e. The summed E-state index contributed by atoms with van der Waals surface area (Å²) in [6, 6.07) is 5.96. The Morgan fingerprint density at radius 2 is 2.05 bits per heavy atom. The highest BCUT2D eigenvalue weighted by Gasteiger charge is 2.09. The number of benzene rings is 1. The van der Waals surface area contributed by atoms with Gasteiger partial charge in [-0.2, -0.15) is 0 Å². The molecule has 0 bridgehead atoms. The first kappa shape index (κ1) is 16.9. The van der Waals surface area contributed by atoms with Crippen molar-refractivity contribution in [3.63, 3.8) is 0 Å². The third-order valence-corrected chi connectivity index (χ3v) is 4.10. The van der Waals surface area contributed by atoms with E-state index in [-0.39, 0.29) is 5.91 Å². The minimum atomic E-state index is 0.0140. The van der Waals surface area contributed by atoms with Crippen LogP contribution in [0.25, 0.3) is 0 Å². The number of morpholine rings is 1. The van der Waals surface area contributed by atoms with Crippen molar-refractivity contribution in [1.29, 1.82) is 0 Å². The van der Waals surface area contributed by atoms with E-state index in [0.29, 0.717) is 6.54 Å². The number of ether oxygens (including phenoxy) is 1. The lowest BCUT2D eigenvalue weighted by molar-refractivity contribution is -0.115. The summed E-state index contributed by atoms with van der Waals surface area (Å²) in [5, 5.41) is 6.17. The Morgan fingerprint density at radius 1 is 1.27 bits per heavy atom. The van der Waals surface area contributed by atoms with Crippen LogP contribution in [0.2, 0.25) is 0 Å². The van der Waals surface area contributed by atoms with E-state index >= 15 is 0 Å². The summed E-state index contributed by atoms with van der Waals surface area (Å²) < 4.78 is 5.32. The maximum atomic E-state index is 11.9. The smallest absolute Gasteiger partial charge is 0.238 e. The Labute approximate surface area is 133 Å². The lowest BCUT2D eigenvalue weighted by Gasteiger charge is -2.26. The van der Waals surface area contributed by atoms with E-state index in [1.165, 1.54) is 5.56 Å². The standard InChI is InChI=1S/C17H27N3O2/c1-14-5-3-6-16(15(14)2)19-17(21)13-18-7-4-8-20-9-11-22-12-10-20/h3,5-6,18H,4,7-13H2,1-2H3,(H,19,21). The van der Waals surface area contributed by atoms with Gasteiger partial charge in [0.15, 0.2) is 0 Å². The number of carbonyl (C=O) groups excluding carboxylic acids is 1. The molecule has 1 fully saturated rings. The molecule has 0 atom stereocenters. The third kappa shape index (κ3) is 5.40. The topological polar surface area (TPSA) is 53.6 Å². The number of hydrogen-bond acceptors (Lipinski definition) is 4. The lowest BCUT2D eigenvalue weighted by Crippen LogP contribution is -2.38. The van der Waals surface area contributed by atoms with Crippen LogP contribution in [-0.4, -0.2) is 56.7 Å². The summed E-state index contributed by atoms with van der Waals surface area (Å²) in [6.45, 7) is 10.1. The molecule has 0 saturated carbocycles. The molecule has 0 aromatic heterocycles. The molecule has 0 aliphatic carbocycles. The Balaban J connectivity index is 1.60. The number of nitrogens with one attached hydrogen (secondary N) is 2. The van der Waals surface area contributed by atoms with E-state index < -0.39 is 0 Å². The van der Waals surface area contributed by atoms with Crippen molar-refractivity contribution in [3.05, 3.63) is 29.3 Å². The predicted octanol–water partition coefficient (Wildman–Crippen LogP) is 1.55. The lowest BCUT2D eigenvalue weighted by atomic mass is 10.1. The molecule has 1 amide bonds. The van der Waals surface area contributed by atoms with Crippen LogP contribution >= 0.6 is 0 Å². The summed E-state index contributed by atoms with van der Waals surface area (Å²) in [7, 11) is 0. The van der Waals surface area contributed by atoms with Gasteiger partial charge in [0.25, 0.3) is 0 Å². The number of amides is 1. The van der Waals surface area contributed by atoms with Gasteiger partial charge in [-0.1, -0.05) is 12.1 Å². The molecular formula is C17H27N3O2. The molecule has 0 radical (unpaired) electrons. The van der Waals surface area contributed by atoms with Crippen molar-refractivity contribution in [1.82, 2.24) is 10.2 Å². The average molecular weight is 305 g/mol. The highest BCUT2D eigenvalue weighted by atomic mass is 16.5. The highest BCUT2D eigenvalue weighted by molar-refractivity contribution is 5.93. The maximum absolute atomic E-state index is 11.9. The second-order valence-electron chi connectivity index (χ2n) is 5.78. The average Bonchev–Trinajstić information content (AvgIpc) is 2.52. The molecule has 0 unspecified atom stereocenters. The minimum absolute atomic E-state index is 0.0140. The van der Waals surface area contributed by atoms with Gasteiger partial charge in [-0.05, 0) is 50.6 Å². The van der Waals surface area contributed by atoms with Gasteiger partial charge >= 0.3 is 0 Å². The minimum Gasteiger partial charge on any atom is -0.379 e. The Hall–Kier alpha value is -1.43. The quantitative estimate of drug-likeness (QED) is 0.751. The van der Waals surface area contributed by atoms with E-state index in [1.807, 2.05) is 19.1 Å². The zero-order valence-corrected chi connectivity index (χ0v) is 13.7. The molecule has 1 aromatic rings. The Kier molecular flexibility index (Phi) is 6.83. The van der Waals surface area contributed by atoms with Gasteiger partial charge < -0.3 is 15.4 Å². The molecule has 22 heavy (non-hydrogen) atoms. The molecule has 1 aromatic carbocycles. The van der Waals surface area contributed by atoms with Crippen LogP contribution in [0, 0.1) is 13.8 Å². The monoisotopic (exact) mass is 305 g/mol. The van der Waals surface area contributed by atoms with Gasteiger partial charge in [0, 0.05) is 18.8 Å². The molecule has 2 N–H and O–H groups in total. The number of hydrogen-bond donors (Lipinski definition) is 2. The fourth-order valence-electron chi connectivity index (χ4n) is 2.54. The second kappa shape index (κ2) is 8.88. The number of rotatable bonds is 7. The maximum Gasteiger partial charge on any atom is 0.238 e. The molecule has 1 heterocycles. The molecule has 1 aliphatic heterocycles. The van der Waals surface area contributed by atoms with Crippen LogP contribution in [-0.2, 0) is 9.53 Å². The second-order valence-corrected chi connectivity index (χ2v) is 5.78. The molecule has 122 valence electrons. The van der Waals surface area contributed by atoms with Crippen molar-refractivity contribution >= 4 is 11.6 Å². The Morgan fingerprint density at radius 3 is 2.82 bits per heavy atom. The van der Waals surface area contributed by atoms with E-state index in [9.17, 15) is 4.79 Å². The van der Waals surface area contributed by atoms with Crippen LogP contribution < -0.4 is 10.6 Å². The summed E-state index contributed by atoms with van der Waals surface area (Å²) in [5.74, 6) is 0.0140. The van der Waals surface area contributed by atoms with Crippen LogP contribution in [0.4, 0.5) is 5.69 Å². The molecular weight excluding hydrogens is 278 g/mol. The Bertz CT molecular complexity index is 485. The van der Waals surface area contributed by atoms with Gasteiger partial charge in [0.2, 0.25) is 5.91 Å². The number of anilines is 1. The van der Waals surface area contributed by atoms with Gasteiger partial charge in [0.1, 0.15) is 0 Å². The van der Waals surface area contributed by atoms with Gasteiger partial charge in [-0.3, -0.25) is 9.69 Å². The predicted molar refractivity (Wildman–Crippen MR) is 89.3 cm³/mol. The number of carbonyl (C=O) groups is 1. The summed E-state index contributed by atoms with van der Waals surface area (Å²) in [5.41, 5.74) is 3.22. The number of nitrogens with zero attached hydrogens (tertiary/aromatic N) is 1. The molecule has 5 nitrogen and oxygen atoms in total. The van der Waals surface area contributed by atoms with Crippen molar-refractivity contribution in [2.24, 2.45) is 0 Å². The van der Waals surface area contributed by atoms with Gasteiger partial charge in [-0.15, -0.1) is 0 Å². The van der Waals surface area contributed by atoms with Crippen molar-refractivity contribution in [2.45, 2.75) is 20.3 Å². The zero-order valence-electron chi connectivity index (χ0n) is 13.7. The van der Waals surface area contributed by atoms with Crippen molar-refractivity contribution in [2.75, 3.05) is 51.3 Å². The van der Waals surface area contributed by atoms with Crippen molar-refractivity contribution in [3.8, 4) is 0 Å². The van der Waals surface area contributed by atoms with Gasteiger partial charge in [-0.25, -0.2) is 0 Å². The molecule has 0 spiro atoms. The van der Waals surface area contributed by atoms with Crippen LogP contribution in [0.15, 0.2) is 18.2 Å². The fourth-order valence-corrected chi connectivity index (χ4v) is 2.54. The normalized spacial score (nSPS) is 15.7. The molecule has 1 saturated heterocycles. The molecule has 1 aliphatic rings. The summed E-state index contributed by atoms with van der Waals surface area (Å²) in [6.07, 6.45) is 1.05. The first-order chi connectivity index (χ1) is 10.7. The molecule has 5 heteroatoms. The van der Waals surface area contributed by atoms with E-state index in [0.717, 1.165) is 57.1 Å². The van der Waals surface area contributed by atoms with E-state index in [1.54, 1.807) is 0 Å². The van der Waals surface area contributed by atoms with E-state index in [2.05, 4.69) is 28.5 Å². The van der Waals surface area contributed by atoms with Crippen LogP contribution in [0.5, 0.6) is 0 Å². The van der Waals surface area contributed by atoms with Gasteiger partial charge in [0.05, 0.1) is 19.8 Å². The van der Waals surface area contributed by atoms with Crippen LogP contribution in [0.1, 0.15) is 17.5 Å². The first-order valence-electron chi connectivity index (χ1n) is 8.03. The fraction of sp³-hybridized carbons (Fsp3) is 0.588. The van der Waals surface area contributed by atoms with E-state index in [4.69, 9.17) is 4.74 Å². The number of aryl methyl sites for hydroxylation is 1. The molecule has 2 rings (SSSR count). The summed E-state index contributed by atoms with van der Waals surface area (Å²) in [4.78, 5) is 14.3. The SMILES string of the molecule is Cc1cccc(NC(=O)CNCCCN2CCOCC2)c1C. The summed E-state index contributed by atoms with van der Waals surface area (Å²) >= 11 is 0. The van der Waals surface area contributed by atoms with Crippen LogP contribution in [0.3, 0.4) is 0 Å².